The second-order valence-corrected chi connectivity index (χ2v) is 4.58. The van der Waals surface area contributed by atoms with Crippen molar-refractivity contribution in [1.29, 1.82) is 0 Å². The molecule has 2 unspecified atom stereocenters. The van der Waals surface area contributed by atoms with Crippen LogP contribution in [0.3, 0.4) is 0 Å². The van der Waals surface area contributed by atoms with Gasteiger partial charge in [-0.15, -0.1) is 0 Å². The van der Waals surface area contributed by atoms with E-state index in [0.717, 1.165) is 24.2 Å². The maximum atomic E-state index is 9.83. The van der Waals surface area contributed by atoms with Gasteiger partial charge in [-0.25, -0.2) is 0 Å². The van der Waals surface area contributed by atoms with Crippen LogP contribution in [0.4, 0.5) is 0 Å². The summed E-state index contributed by atoms with van der Waals surface area (Å²) in [5, 5.41) is 9.83. The Hall–Kier alpha value is -1.06. The molecule has 2 heterocycles. The predicted molar refractivity (Wildman–Crippen MR) is 59.4 cm³/mol. The van der Waals surface area contributed by atoms with E-state index < -0.39 is 0 Å². The summed E-state index contributed by atoms with van der Waals surface area (Å²) in [5.41, 5.74) is 0.784. The fourth-order valence-electron chi connectivity index (χ4n) is 2.72. The van der Waals surface area contributed by atoms with Crippen LogP contribution in [0.1, 0.15) is 24.8 Å². The average Bonchev–Trinajstić information content (AvgIpc) is 2.30. The first-order chi connectivity index (χ1) is 7.80. The van der Waals surface area contributed by atoms with Gasteiger partial charge in [-0.2, -0.15) is 0 Å². The molecule has 1 aromatic carbocycles. The van der Waals surface area contributed by atoms with Crippen molar-refractivity contribution in [2.75, 3.05) is 13.2 Å². The molecule has 16 heavy (non-hydrogen) atoms. The first-order valence-electron chi connectivity index (χ1n) is 5.84. The Labute approximate surface area is 95.0 Å². The number of benzene rings is 1. The number of hydrogen-bond acceptors (Lipinski definition) is 3. The molecule has 0 radical (unpaired) electrons. The summed E-state index contributed by atoms with van der Waals surface area (Å²) in [6.45, 7) is 1.30. The minimum atomic E-state index is -0.313. The maximum absolute atomic E-state index is 9.83. The molecular formula is C13H16O3. The van der Waals surface area contributed by atoms with Crippen molar-refractivity contribution in [3.63, 3.8) is 0 Å². The van der Waals surface area contributed by atoms with Crippen LogP contribution >= 0.6 is 0 Å². The molecule has 2 aliphatic rings. The highest BCUT2D eigenvalue weighted by atomic mass is 16.5. The first-order valence-corrected chi connectivity index (χ1v) is 5.84. The molecule has 2 atom stereocenters. The third-order valence-electron chi connectivity index (χ3n) is 3.54. The molecule has 1 fully saturated rings. The number of aliphatic hydroxyl groups is 1. The van der Waals surface area contributed by atoms with Crippen LogP contribution in [0.2, 0.25) is 0 Å². The largest absolute Gasteiger partial charge is 0.493 e. The standard InChI is InChI=1S/C13H16O3/c14-10-5-7-16-13(9-10)6-8-15-12-4-2-1-3-11(12)13/h1-4,10,14H,5-9H2. The Kier molecular flexibility index (Phi) is 2.37. The monoisotopic (exact) mass is 220 g/mol. The number of aliphatic hydroxyl groups excluding tert-OH is 1. The van der Waals surface area contributed by atoms with Crippen molar-refractivity contribution in [2.45, 2.75) is 31.0 Å². The molecule has 1 aromatic rings. The van der Waals surface area contributed by atoms with Crippen molar-refractivity contribution in [3.05, 3.63) is 29.8 Å². The highest BCUT2D eigenvalue weighted by molar-refractivity contribution is 5.40. The molecule has 0 aliphatic carbocycles. The van der Waals surface area contributed by atoms with Gasteiger partial charge in [-0.05, 0) is 12.5 Å². The Morgan fingerprint density at radius 2 is 2.12 bits per heavy atom. The predicted octanol–water partition coefficient (Wildman–Crippen LogP) is 1.84. The first kappa shape index (κ1) is 10.1. The smallest absolute Gasteiger partial charge is 0.125 e. The van der Waals surface area contributed by atoms with Crippen LogP contribution in [-0.2, 0) is 10.3 Å². The van der Waals surface area contributed by atoms with E-state index in [1.807, 2.05) is 24.3 Å². The molecule has 3 nitrogen and oxygen atoms in total. The summed E-state index contributed by atoms with van der Waals surface area (Å²) in [6.07, 6.45) is 2.01. The minimum Gasteiger partial charge on any atom is -0.493 e. The molecule has 0 saturated carbocycles. The maximum Gasteiger partial charge on any atom is 0.125 e. The molecule has 1 saturated heterocycles. The van der Waals surface area contributed by atoms with Gasteiger partial charge in [0.25, 0.3) is 0 Å². The summed E-state index contributed by atoms with van der Waals surface area (Å²) in [7, 11) is 0. The van der Waals surface area contributed by atoms with Gasteiger partial charge in [-0.1, -0.05) is 18.2 Å². The lowest BCUT2D eigenvalue weighted by Crippen LogP contribution is -2.43. The third kappa shape index (κ3) is 1.51. The Morgan fingerprint density at radius 1 is 1.25 bits per heavy atom. The molecule has 3 rings (SSSR count). The van der Waals surface area contributed by atoms with Gasteiger partial charge in [0, 0.05) is 18.4 Å². The summed E-state index contributed by atoms with van der Waals surface area (Å²) in [4.78, 5) is 0. The molecule has 1 spiro atoms. The number of ether oxygens (including phenoxy) is 2. The van der Waals surface area contributed by atoms with E-state index in [2.05, 4.69) is 0 Å². The zero-order valence-corrected chi connectivity index (χ0v) is 9.19. The van der Waals surface area contributed by atoms with Crippen LogP contribution in [-0.4, -0.2) is 24.4 Å². The topological polar surface area (TPSA) is 38.7 Å². The number of rotatable bonds is 0. The second-order valence-electron chi connectivity index (χ2n) is 4.58. The normalized spacial score (nSPS) is 33.2. The lowest BCUT2D eigenvalue weighted by Gasteiger charge is -2.43. The molecule has 0 aromatic heterocycles. The Morgan fingerprint density at radius 3 is 3.00 bits per heavy atom. The lowest BCUT2D eigenvalue weighted by molar-refractivity contribution is -0.139. The van der Waals surface area contributed by atoms with E-state index in [-0.39, 0.29) is 11.7 Å². The van der Waals surface area contributed by atoms with Crippen LogP contribution in [0.25, 0.3) is 0 Å². The number of fused-ring (bicyclic) bond motifs is 2. The van der Waals surface area contributed by atoms with Gasteiger partial charge >= 0.3 is 0 Å². The number of para-hydroxylation sites is 1. The van der Waals surface area contributed by atoms with Crippen molar-refractivity contribution in [2.24, 2.45) is 0 Å². The average molecular weight is 220 g/mol. The molecule has 0 bridgehead atoms. The van der Waals surface area contributed by atoms with E-state index in [0.29, 0.717) is 19.6 Å². The van der Waals surface area contributed by atoms with Gasteiger partial charge < -0.3 is 14.6 Å². The van der Waals surface area contributed by atoms with Crippen LogP contribution in [0.5, 0.6) is 5.75 Å². The van der Waals surface area contributed by atoms with Crippen LogP contribution in [0.15, 0.2) is 24.3 Å². The highest BCUT2D eigenvalue weighted by Gasteiger charge is 2.42. The quantitative estimate of drug-likeness (QED) is 0.725. The van der Waals surface area contributed by atoms with E-state index in [1.54, 1.807) is 0 Å². The van der Waals surface area contributed by atoms with E-state index >= 15 is 0 Å². The van der Waals surface area contributed by atoms with Crippen molar-refractivity contribution in [1.82, 2.24) is 0 Å². The summed E-state index contributed by atoms with van der Waals surface area (Å²) in [5.74, 6) is 0.905. The van der Waals surface area contributed by atoms with Crippen molar-refractivity contribution in [3.8, 4) is 5.75 Å². The van der Waals surface area contributed by atoms with Gasteiger partial charge in [0.05, 0.1) is 19.3 Å². The molecule has 1 N–H and O–H groups in total. The van der Waals surface area contributed by atoms with E-state index in [9.17, 15) is 5.11 Å². The zero-order chi connectivity index (χ0) is 11.0. The molecule has 86 valence electrons. The summed E-state index contributed by atoms with van der Waals surface area (Å²) >= 11 is 0. The molecule has 2 aliphatic heterocycles. The van der Waals surface area contributed by atoms with Gasteiger partial charge in [0.2, 0.25) is 0 Å². The molecule has 3 heteroatoms. The van der Waals surface area contributed by atoms with Crippen molar-refractivity contribution >= 4 is 0 Å². The van der Waals surface area contributed by atoms with Gasteiger partial charge in [0.1, 0.15) is 11.4 Å². The third-order valence-corrected chi connectivity index (χ3v) is 3.54. The second kappa shape index (κ2) is 3.75. The SMILES string of the molecule is OC1CCOC2(CCOc3ccccc32)C1. The molecule has 0 amide bonds. The van der Waals surface area contributed by atoms with E-state index in [1.165, 1.54) is 0 Å². The fourth-order valence-corrected chi connectivity index (χ4v) is 2.72. The summed E-state index contributed by atoms with van der Waals surface area (Å²) < 4.78 is 11.6. The van der Waals surface area contributed by atoms with Gasteiger partial charge in [0.15, 0.2) is 0 Å². The number of hydrogen-bond donors (Lipinski definition) is 1. The Balaban J connectivity index is 2.02. The van der Waals surface area contributed by atoms with E-state index in [4.69, 9.17) is 9.47 Å². The highest BCUT2D eigenvalue weighted by Crippen LogP contribution is 2.44. The van der Waals surface area contributed by atoms with Crippen LogP contribution < -0.4 is 4.74 Å². The van der Waals surface area contributed by atoms with Gasteiger partial charge in [-0.3, -0.25) is 0 Å². The Bertz CT molecular complexity index is 391. The fraction of sp³-hybridized carbons (Fsp3) is 0.538. The minimum absolute atomic E-state index is 0.250. The summed E-state index contributed by atoms with van der Waals surface area (Å²) in [6, 6.07) is 7.99. The molecular weight excluding hydrogens is 204 g/mol. The van der Waals surface area contributed by atoms with Crippen LogP contribution in [0, 0.1) is 0 Å². The zero-order valence-electron chi connectivity index (χ0n) is 9.19. The lowest BCUT2D eigenvalue weighted by atomic mass is 9.81. The van der Waals surface area contributed by atoms with Crippen molar-refractivity contribution < 1.29 is 14.6 Å².